The molecule has 2 aliphatic carbocycles. The maximum Gasteiger partial charge on any atom is 0.0890 e. The Balaban J connectivity index is 0.000000156. The number of nitrogens with zero attached hydrogens (tertiary/aromatic N) is 2. The molecule has 2 saturated carbocycles. The van der Waals surface area contributed by atoms with Crippen molar-refractivity contribution in [1.82, 2.24) is 9.13 Å². The molecule has 4 heterocycles. The number of aryl methyl sites for hydroxylation is 5. The summed E-state index contributed by atoms with van der Waals surface area (Å²) in [5, 5.41) is 7.20. The number of hydrogen-bond acceptors (Lipinski definition) is 2. The summed E-state index contributed by atoms with van der Waals surface area (Å²) in [4.78, 5) is 2.80. The number of halogens is 1. The van der Waals surface area contributed by atoms with Crippen LogP contribution in [0.25, 0.3) is 32.4 Å². The van der Waals surface area contributed by atoms with Crippen LogP contribution < -0.4 is 0 Å². The Morgan fingerprint density at radius 3 is 1.62 bits per heavy atom. The molecule has 4 aromatic heterocycles. The number of benzene rings is 2. The molecule has 8 rings (SSSR count). The van der Waals surface area contributed by atoms with Crippen molar-refractivity contribution in [3.8, 4) is 10.6 Å². The summed E-state index contributed by atoms with van der Waals surface area (Å²) in [6.45, 7) is 6.46. The fourth-order valence-corrected chi connectivity index (χ4v) is 9.85. The van der Waals surface area contributed by atoms with Crippen molar-refractivity contribution in [3.63, 3.8) is 0 Å². The molecule has 6 aromatic rings. The van der Waals surface area contributed by atoms with Crippen LogP contribution in [-0.4, -0.2) is 9.13 Å². The third-order valence-corrected chi connectivity index (χ3v) is 12.8. The Labute approximate surface area is 300 Å². The van der Waals surface area contributed by atoms with Gasteiger partial charge in [0.2, 0.25) is 0 Å². The van der Waals surface area contributed by atoms with Crippen molar-refractivity contribution >= 4 is 60.4 Å². The van der Waals surface area contributed by atoms with E-state index in [0.29, 0.717) is 0 Å². The number of aromatic nitrogens is 2. The lowest BCUT2D eigenvalue weighted by molar-refractivity contribution is 0.444. The average molecular weight is 730 g/mol. The van der Waals surface area contributed by atoms with E-state index < -0.39 is 0 Å². The van der Waals surface area contributed by atoms with E-state index in [-0.39, 0.29) is 7.43 Å². The number of hydrogen-bond donors (Lipinski definition) is 0. The second-order valence-corrected chi connectivity index (χ2v) is 16.3. The highest BCUT2D eigenvalue weighted by Crippen LogP contribution is 2.45. The zero-order valence-corrected chi connectivity index (χ0v) is 31.5. The molecule has 2 aromatic carbocycles. The standard InChI is InChI=1S/C20H23NS.C16H20BrN.C5H6S.CH4/c1-14-10-11-16-17(13-14)21(2)20(18-9-6-12-22-18)19(16)15-7-4-3-5-8-15;1-11-8-9-13-14(10-11)18(2)16(17)15(13)12-6-4-3-5-7-12;1-5-3-2-4-6-5;/h6,9-13,15H,3-5,7-8H2,1-2H3;8-10,12H,3-7H2,1-2H3;2-4H,1H3;1H4. The third-order valence-electron chi connectivity index (χ3n) is 10.2. The van der Waals surface area contributed by atoms with Gasteiger partial charge in [-0.25, -0.2) is 0 Å². The zero-order valence-electron chi connectivity index (χ0n) is 28.2. The predicted octanol–water partition coefficient (Wildman–Crippen LogP) is 14.3. The van der Waals surface area contributed by atoms with Crippen LogP contribution in [0.3, 0.4) is 0 Å². The number of rotatable bonds is 3. The molecule has 0 radical (unpaired) electrons. The summed E-state index contributed by atoms with van der Waals surface area (Å²) in [6, 6.07) is 22.4. The van der Waals surface area contributed by atoms with E-state index in [0.717, 1.165) is 11.8 Å². The van der Waals surface area contributed by atoms with Crippen molar-refractivity contribution in [2.75, 3.05) is 0 Å². The summed E-state index contributed by atoms with van der Waals surface area (Å²) in [5.41, 5.74) is 10.1. The van der Waals surface area contributed by atoms with E-state index in [4.69, 9.17) is 0 Å². The van der Waals surface area contributed by atoms with Gasteiger partial charge in [0.15, 0.2) is 0 Å². The molecule has 5 heteroatoms. The molecule has 0 amide bonds. The van der Waals surface area contributed by atoms with E-state index >= 15 is 0 Å². The van der Waals surface area contributed by atoms with Crippen LogP contribution in [0.2, 0.25) is 0 Å². The molecule has 47 heavy (non-hydrogen) atoms. The van der Waals surface area contributed by atoms with Gasteiger partial charge in [-0.2, -0.15) is 0 Å². The van der Waals surface area contributed by atoms with Crippen LogP contribution >= 0.6 is 38.6 Å². The van der Waals surface area contributed by atoms with E-state index in [2.05, 4.69) is 131 Å². The lowest BCUT2D eigenvalue weighted by Crippen LogP contribution is -2.05. The molecule has 0 atom stereocenters. The van der Waals surface area contributed by atoms with Crippen molar-refractivity contribution < 1.29 is 0 Å². The van der Waals surface area contributed by atoms with Crippen molar-refractivity contribution in [2.45, 2.75) is 104 Å². The summed E-state index contributed by atoms with van der Waals surface area (Å²) >= 11 is 7.46. The van der Waals surface area contributed by atoms with Crippen molar-refractivity contribution in [1.29, 1.82) is 0 Å². The zero-order chi connectivity index (χ0) is 32.2. The van der Waals surface area contributed by atoms with Crippen LogP contribution in [-0.2, 0) is 14.1 Å². The number of fused-ring (bicyclic) bond motifs is 2. The summed E-state index contributed by atoms with van der Waals surface area (Å²) in [6.07, 6.45) is 13.8. The number of thiophene rings is 2. The highest BCUT2D eigenvalue weighted by Gasteiger charge is 2.26. The van der Waals surface area contributed by atoms with E-state index in [9.17, 15) is 0 Å². The highest BCUT2D eigenvalue weighted by atomic mass is 79.9. The quantitative estimate of drug-likeness (QED) is 0.172. The van der Waals surface area contributed by atoms with Gasteiger partial charge in [-0.15, -0.1) is 22.7 Å². The second-order valence-electron chi connectivity index (χ2n) is 13.5. The highest BCUT2D eigenvalue weighted by molar-refractivity contribution is 9.10. The molecule has 0 saturated heterocycles. The second kappa shape index (κ2) is 16.2. The molecule has 0 spiro atoms. The fourth-order valence-electron chi connectivity index (χ4n) is 7.78. The lowest BCUT2D eigenvalue weighted by atomic mass is 9.82. The predicted molar refractivity (Wildman–Crippen MR) is 214 cm³/mol. The largest absolute Gasteiger partial charge is 0.343 e. The van der Waals surface area contributed by atoms with Gasteiger partial charge < -0.3 is 9.13 Å². The van der Waals surface area contributed by atoms with Gasteiger partial charge in [-0.1, -0.05) is 82.3 Å². The topological polar surface area (TPSA) is 9.86 Å². The smallest absolute Gasteiger partial charge is 0.0890 e. The van der Waals surface area contributed by atoms with Gasteiger partial charge in [-0.3, -0.25) is 0 Å². The molecular weight excluding hydrogens is 677 g/mol. The molecule has 250 valence electrons. The minimum Gasteiger partial charge on any atom is -0.343 e. The molecular formula is C42H53BrN2S2. The van der Waals surface area contributed by atoms with Crippen LogP contribution in [0.4, 0.5) is 0 Å². The van der Waals surface area contributed by atoms with Crippen molar-refractivity contribution in [3.05, 3.63) is 103 Å². The van der Waals surface area contributed by atoms with Crippen LogP contribution in [0.1, 0.15) is 111 Å². The molecule has 2 nitrogen and oxygen atoms in total. The molecule has 0 bridgehead atoms. The third kappa shape index (κ3) is 7.84. The lowest BCUT2D eigenvalue weighted by Gasteiger charge is -2.23. The first-order valence-electron chi connectivity index (χ1n) is 17.2. The van der Waals surface area contributed by atoms with Crippen LogP contribution in [0, 0.1) is 20.8 Å². The normalized spacial score (nSPS) is 15.5. The molecule has 0 N–H and O–H groups in total. The Bertz CT molecular complexity index is 1860. The Morgan fingerprint density at radius 1 is 0.617 bits per heavy atom. The van der Waals surface area contributed by atoms with E-state index in [1.807, 2.05) is 11.3 Å². The van der Waals surface area contributed by atoms with Gasteiger partial charge in [0, 0.05) is 40.8 Å². The maximum atomic E-state index is 3.82. The molecule has 0 unspecified atom stereocenters. The maximum absolute atomic E-state index is 3.82. The Morgan fingerprint density at radius 2 is 1.13 bits per heavy atom. The average Bonchev–Trinajstić information content (AvgIpc) is 3.88. The SMILES string of the molecule is C.Cc1ccc2c(C3CCCCC3)c(-c3cccs3)n(C)c2c1.Cc1ccc2c(C3CCCCC3)c(Br)n(C)c2c1.Cc1cccs1. The minimum absolute atomic E-state index is 0. The monoisotopic (exact) mass is 728 g/mol. The fraction of sp³-hybridized carbons (Fsp3) is 0.429. The van der Waals surface area contributed by atoms with Gasteiger partial charge in [0.25, 0.3) is 0 Å². The molecule has 2 fully saturated rings. The van der Waals surface area contributed by atoms with Crippen LogP contribution in [0.5, 0.6) is 0 Å². The summed E-state index contributed by atoms with van der Waals surface area (Å²) in [7, 11) is 4.40. The first kappa shape index (κ1) is 35.7. The van der Waals surface area contributed by atoms with Gasteiger partial charge in [0.1, 0.15) is 0 Å². The van der Waals surface area contributed by atoms with Gasteiger partial charge >= 0.3 is 0 Å². The van der Waals surface area contributed by atoms with Gasteiger partial charge in [-0.05, 0) is 131 Å². The Hall–Kier alpha value is -2.60. The summed E-state index contributed by atoms with van der Waals surface area (Å²) in [5.74, 6) is 1.48. The van der Waals surface area contributed by atoms with Gasteiger partial charge in [0.05, 0.1) is 15.2 Å². The molecule has 0 aliphatic heterocycles. The summed E-state index contributed by atoms with van der Waals surface area (Å²) < 4.78 is 6.01. The van der Waals surface area contributed by atoms with E-state index in [1.165, 1.54) is 117 Å². The van der Waals surface area contributed by atoms with E-state index in [1.54, 1.807) is 22.5 Å². The minimum atomic E-state index is 0. The Kier molecular flexibility index (Phi) is 12.3. The molecule has 2 aliphatic rings. The first-order valence-corrected chi connectivity index (χ1v) is 19.8. The van der Waals surface area contributed by atoms with Crippen LogP contribution in [0.15, 0.2) is 76.0 Å². The first-order chi connectivity index (χ1) is 22.3. The van der Waals surface area contributed by atoms with Crippen molar-refractivity contribution in [2.24, 2.45) is 14.1 Å².